The smallest absolute Gasteiger partial charge is 0.137 e. The molecule has 5 heteroatoms. The number of nitrogens with one attached hydrogen (secondary N) is 1. The van der Waals surface area contributed by atoms with Gasteiger partial charge in [0.2, 0.25) is 0 Å². The van der Waals surface area contributed by atoms with Crippen LogP contribution in [0.25, 0.3) is 0 Å². The van der Waals surface area contributed by atoms with E-state index in [1.807, 2.05) is 13.0 Å². The minimum absolute atomic E-state index is 0.184. The zero-order valence-corrected chi connectivity index (χ0v) is 10.7. The summed E-state index contributed by atoms with van der Waals surface area (Å²) >= 11 is 5.88. The molecule has 0 amide bonds. The Labute approximate surface area is 110 Å². The van der Waals surface area contributed by atoms with Crippen LogP contribution in [0, 0.1) is 12.7 Å². The lowest BCUT2D eigenvalue weighted by Crippen LogP contribution is -2.09. The Kier molecular flexibility index (Phi) is 4.10. The quantitative estimate of drug-likeness (QED) is 0.863. The Balaban J connectivity index is 1.97. The van der Waals surface area contributed by atoms with Gasteiger partial charge in [-0.2, -0.15) is 0 Å². The summed E-state index contributed by atoms with van der Waals surface area (Å²) in [6.45, 7) is 2.43. The van der Waals surface area contributed by atoms with Crippen LogP contribution in [0.1, 0.15) is 11.1 Å². The predicted octanol–water partition coefficient (Wildman–Crippen LogP) is 3.23. The minimum Gasteiger partial charge on any atom is -0.369 e. The van der Waals surface area contributed by atoms with Gasteiger partial charge in [0.1, 0.15) is 23.1 Å². The van der Waals surface area contributed by atoms with E-state index in [0.29, 0.717) is 29.5 Å². The van der Waals surface area contributed by atoms with Crippen molar-refractivity contribution in [2.45, 2.75) is 13.3 Å². The first-order valence-corrected chi connectivity index (χ1v) is 6.00. The van der Waals surface area contributed by atoms with E-state index in [1.54, 1.807) is 12.1 Å². The number of halogens is 2. The third-order valence-corrected chi connectivity index (χ3v) is 3.05. The van der Waals surface area contributed by atoms with Gasteiger partial charge in [-0.25, -0.2) is 14.4 Å². The van der Waals surface area contributed by atoms with Crippen LogP contribution in [0.15, 0.2) is 30.6 Å². The molecule has 1 aromatic heterocycles. The summed E-state index contributed by atoms with van der Waals surface area (Å²) in [7, 11) is 0. The first-order valence-electron chi connectivity index (χ1n) is 5.63. The van der Waals surface area contributed by atoms with Gasteiger partial charge in [0.25, 0.3) is 0 Å². The number of rotatable bonds is 4. The van der Waals surface area contributed by atoms with Crippen molar-refractivity contribution >= 4 is 17.4 Å². The monoisotopic (exact) mass is 265 g/mol. The van der Waals surface area contributed by atoms with E-state index in [2.05, 4.69) is 15.3 Å². The summed E-state index contributed by atoms with van der Waals surface area (Å²) in [5.41, 5.74) is 1.48. The van der Waals surface area contributed by atoms with Crippen molar-refractivity contribution in [3.05, 3.63) is 52.7 Å². The Bertz CT molecular complexity index is 546. The molecule has 0 bridgehead atoms. The Morgan fingerprint density at radius 3 is 2.83 bits per heavy atom. The molecular weight excluding hydrogens is 253 g/mol. The molecule has 0 saturated heterocycles. The molecule has 1 heterocycles. The van der Waals surface area contributed by atoms with Crippen molar-refractivity contribution in [3.8, 4) is 0 Å². The molecule has 3 nitrogen and oxygen atoms in total. The van der Waals surface area contributed by atoms with E-state index in [4.69, 9.17) is 11.6 Å². The SMILES string of the molecule is Cc1c(Cl)ncnc1NCCc1ccccc1F. The highest BCUT2D eigenvalue weighted by molar-refractivity contribution is 6.30. The fourth-order valence-electron chi connectivity index (χ4n) is 1.62. The van der Waals surface area contributed by atoms with Gasteiger partial charge >= 0.3 is 0 Å². The molecule has 0 fully saturated rings. The number of aromatic nitrogens is 2. The van der Waals surface area contributed by atoms with Gasteiger partial charge in [-0.15, -0.1) is 0 Å². The van der Waals surface area contributed by atoms with E-state index >= 15 is 0 Å². The maximum atomic E-state index is 13.4. The third-order valence-electron chi connectivity index (χ3n) is 2.67. The number of anilines is 1. The molecular formula is C13H13ClFN3. The number of nitrogens with zero attached hydrogens (tertiary/aromatic N) is 2. The van der Waals surface area contributed by atoms with Crippen molar-refractivity contribution < 1.29 is 4.39 Å². The second-order valence-corrected chi connectivity index (χ2v) is 4.26. The van der Waals surface area contributed by atoms with Crippen LogP contribution in [0.3, 0.4) is 0 Å². The van der Waals surface area contributed by atoms with Crippen LogP contribution in [0.2, 0.25) is 5.15 Å². The number of hydrogen-bond acceptors (Lipinski definition) is 3. The summed E-state index contributed by atoms with van der Waals surface area (Å²) in [4.78, 5) is 7.97. The lowest BCUT2D eigenvalue weighted by Gasteiger charge is -2.09. The highest BCUT2D eigenvalue weighted by Gasteiger charge is 2.05. The molecule has 0 radical (unpaired) electrons. The molecule has 18 heavy (non-hydrogen) atoms. The largest absolute Gasteiger partial charge is 0.369 e. The summed E-state index contributed by atoms with van der Waals surface area (Å²) in [6, 6.07) is 6.74. The first-order chi connectivity index (χ1) is 8.68. The van der Waals surface area contributed by atoms with Crippen molar-refractivity contribution in [1.82, 2.24) is 9.97 Å². The van der Waals surface area contributed by atoms with Gasteiger partial charge in [0, 0.05) is 12.1 Å². The maximum Gasteiger partial charge on any atom is 0.137 e. The molecule has 0 aliphatic rings. The van der Waals surface area contributed by atoms with E-state index < -0.39 is 0 Å². The second-order valence-electron chi connectivity index (χ2n) is 3.91. The molecule has 0 unspecified atom stereocenters. The Hall–Kier alpha value is -1.68. The fraction of sp³-hybridized carbons (Fsp3) is 0.231. The topological polar surface area (TPSA) is 37.8 Å². The average Bonchev–Trinajstić information content (AvgIpc) is 2.37. The summed E-state index contributed by atoms with van der Waals surface area (Å²) in [6.07, 6.45) is 1.99. The molecule has 94 valence electrons. The highest BCUT2D eigenvalue weighted by Crippen LogP contribution is 2.17. The van der Waals surface area contributed by atoms with Gasteiger partial charge in [0.15, 0.2) is 0 Å². The predicted molar refractivity (Wildman–Crippen MR) is 70.4 cm³/mol. The van der Waals surface area contributed by atoms with Crippen LogP contribution in [-0.4, -0.2) is 16.5 Å². The molecule has 2 rings (SSSR count). The van der Waals surface area contributed by atoms with Crippen LogP contribution < -0.4 is 5.32 Å². The van der Waals surface area contributed by atoms with Crippen molar-refractivity contribution in [2.75, 3.05) is 11.9 Å². The molecule has 0 spiro atoms. The number of hydrogen-bond donors (Lipinski definition) is 1. The van der Waals surface area contributed by atoms with Crippen LogP contribution >= 0.6 is 11.6 Å². The Morgan fingerprint density at radius 2 is 2.06 bits per heavy atom. The van der Waals surface area contributed by atoms with Gasteiger partial charge in [-0.3, -0.25) is 0 Å². The standard InChI is InChI=1S/C13H13ClFN3/c1-9-12(14)17-8-18-13(9)16-7-6-10-4-2-3-5-11(10)15/h2-5,8H,6-7H2,1H3,(H,16,17,18). The molecule has 1 N–H and O–H groups in total. The van der Waals surface area contributed by atoms with Gasteiger partial charge in [-0.1, -0.05) is 29.8 Å². The van der Waals surface area contributed by atoms with Crippen molar-refractivity contribution in [2.24, 2.45) is 0 Å². The molecule has 2 aromatic rings. The summed E-state index contributed by atoms with van der Waals surface area (Å²) in [5.74, 6) is 0.503. The molecule has 0 atom stereocenters. The zero-order chi connectivity index (χ0) is 13.0. The van der Waals surface area contributed by atoms with Crippen LogP contribution in [0.4, 0.5) is 10.2 Å². The lowest BCUT2D eigenvalue weighted by molar-refractivity contribution is 0.610. The molecule has 0 aliphatic heterocycles. The van der Waals surface area contributed by atoms with Gasteiger partial charge in [0.05, 0.1) is 0 Å². The summed E-state index contributed by atoms with van der Waals surface area (Å²) in [5, 5.41) is 3.56. The van der Waals surface area contributed by atoms with Crippen LogP contribution in [0.5, 0.6) is 0 Å². The highest BCUT2D eigenvalue weighted by atomic mass is 35.5. The second kappa shape index (κ2) is 5.78. The number of benzene rings is 1. The zero-order valence-electron chi connectivity index (χ0n) is 9.95. The molecule has 0 saturated carbocycles. The van der Waals surface area contributed by atoms with E-state index in [9.17, 15) is 4.39 Å². The van der Waals surface area contributed by atoms with E-state index in [0.717, 1.165) is 5.56 Å². The maximum absolute atomic E-state index is 13.4. The molecule has 1 aromatic carbocycles. The lowest BCUT2D eigenvalue weighted by atomic mass is 10.1. The van der Waals surface area contributed by atoms with Gasteiger partial charge in [-0.05, 0) is 25.0 Å². The van der Waals surface area contributed by atoms with Crippen molar-refractivity contribution in [1.29, 1.82) is 0 Å². The van der Waals surface area contributed by atoms with E-state index in [-0.39, 0.29) is 5.82 Å². The fourth-order valence-corrected chi connectivity index (χ4v) is 1.76. The van der Waals surface area contributed by atoms with Gasteiger partial charge < -0.3 is 5.32 Å². The Morgan fingerprint density at radius 1 is 1.28 bits per heavy atom. The van der Waals surface area contributed by atoms with E-state index in [1.165, 1.54) is 12.4 Å². The van der Waals surface area contributed by atoms with Crippen molar-refractivity contribution in [3.63, 3.8) is 0 Å². The molecule has 0 aliphatic carbocycles. The normalized spacial score (nSPS) is 10.4. The van der Waals surface area contributed by atoms with Crippen LogP contribution in [-0.2, 0) is 6.42 Å². The average molecular weight is 266 g/mol. The summed E-state index contributed by atoms with van der Waals surface area (Å²) < 4.78 is 13.4. The third kappa shape index (κ3) is 2.96. The minimum atomic E-state index is -0.184. The first kappa shape index (κ1) is 12.8.